The van der Waals surface area contributed by atoms with Crippen molar-refractivity contribution in [3.05, 3.63) is 29.8 Å². The van der Waals surface area contributed by atoms with Gasteiger partial charge in [0.05, 0.1) is 5.56 Å². The van der Waals surface area contributed by atoms with Crippen LogP contribution in [0.3, 0.4) is 0 Å². The van der Waals surface area contributed by atoms with Gasteiger partial charge in [0.2, 0.25) is 11.8 Å². The summed E-state index contributed by atoms with van der Waals surface area (Å²) in [5.41, 5.74) is 6.78. The standard InChI is InChI=1S/C22H37N7O3/c1-17-16-20(30)29(22(17)32)15-14-27-11-10-25-7-6-24-8-9-26-12-13-28-21(31)18-4-2-3-5-19(18)23/h2-5,17,24-27H,6-16,23H2,1H3,(H,28,31). The summed E-state index contributed by atoms with van der Waals surface area (Å²) < 4.78 is 0. The first-order chi connectivity index (χ1) is 15.5. The zero-order chi connectivity index (χ0) is 23.2. The van der Waals surface area contributed by atoms with Crippen LogP contribution >= 0.6 is 0 Å². The number of imide groups is 1. The fourth-order valence-electron chi connectivity index (χ4n) is 3.37. The summed E-state index contributed by atoms with van der Waals surface area (Å²) in [6, 6.07) is 7.03. The summed E-state index contributed by atoms with van der Waals surface area (Å²) in [6.45, 7) is 9.08. The number of nitrogens with one attached hydrogen (secondary N) is 5. The molecule has 2 rings (SSSR count). The molecule has 3 amide bonds. The lowest BCUT2D eigenvalue weighted by atomic mass is 10.1. The van der Waals surface area contributed by atoms with Crippen molar-refractivity contribution in [1.82, 2.24) is 31.5 Å². The van der Waals surface area contributed by atoms with Crippen LogP contribution in [0.4, 0.5) is 5.69 Å². The van der Waals surface area contributed by atoms with E-state index in [1.54, 1.807) is 31.2 Å². The Hall–Kier alpha value is -2.53. The Kier molecular flexibility index (Phi) is 11.7. The van der Waals surface area contributed by atoms with E-state index >= 15 is 0 Å². The van der Waals surface area contributed by atoms with E-state index in [-0.39, 0.29) is 23.6 Å². The van der Waals surface area contributed by atoms with Crippen molar-refractivity contribution in [3.8, 4) is 0 Å². The first-order valence-corrected chi connectivity index (χ1v) is 11.3. The van der Waals surface area contributed by atoms with Gasteiger partial charge in [0.15, 0.2) is 0 Å². The molecule has 1 aromatic rings. The van der Waals surface area contributed by atoms with E-state index in [0.717, 1.165) is 39.3 Å². The fourth-order valence-corrected chi connectivity index (χ4v) is 3.37. The highest BCUT2D eigenvalue weighted by molar-refractivity contribution is 6.03. The summed E-state index contributed by atoms with van der Waals surface area (Å²) in [6.07, 6.45) is 0.337. The summed E-state index contributed by atoms with van der Waals surface area (Å²) in [4.78, 5) is 36.9. The summed E-state index contributed by atoms with van der Waals surface area (Å²) >= 11 is 0. The van der Waals surface area contributed by atoms with Crippen LogP contribution in [0, 0.1) is 5.92 Å². The Morgan fingerprint density at radius 2 is 1.44 bits per heavy atom. The third-order valence-electron chi connectivity index (χ3n) is 5.21. The molecular formula is C22H37N7O3. The van der Waals surface area contributed by atoms with Crippen LogP contribution < -0.4 is 32.3 Å². The molecule has 1 unspecified atom stereocenters. The van der Waals surface area contributed by atoms with E-state index in [1.165, 1.54) is 4.90 Å². The molecule has 10 heteroatoms. The quantitative estimate of drug-likeness (QED) is 0.105. The number of nitrogen functional groups attached to an aromatic ring is 1. The molecule has 0 aromatic heterocycles. The number of carbonyl (C=O) groups is 3. The molecular weight excluding hydrogens is 410 g/mol. The zero-order valence-electron chi connectivity index (χ0n) is 18.9. The molecule has 1 aromatic carbocycles. The van der Waals surface area contributed by atoms with E-state index < -0.39 is 0 Å². The van der Waals surface area contributed by atoms with Crippen LogP contribution in [0.5, 0.6) is 0 Å². The normalized spacial score (nSPS) is 16.0. The average molecular weight is 448 g/mol. The number of para-hydroxylation sites is 1. The number of nitrogens with zero attached hydrogens (tertiary/aromatic N) is 1. The Labute approximate surface area is 190 Å². The van der Waals surface area contributed by atoms with Gasteiger partial charge in [-0.25, -0.2) is 0 Å². The van der Waals surface area contributed by atoms with Crippen LogP contribution in [-0.4, -0.2) is 88.1 Å². The van der Waals surface area contributed by atoms with E-state index in [1.807, 2.05) is 0 Å². The molecule has 1 atom stereocenters. The number of anilines is 1. The number of rotatable bonds is 16. The minimum Gasteiger partial charge on any atom is -0.398 e. The maximum atomic E-state index is 12.0. The molecule has 0 saturated carbocycles. The minimum absolute atomic E-state index is 0.0578. The maximum absolute atomic E-state index is 12.0. The highest BCUT2D eigenvalue weighted by Crippen LogP contribution is 2.17. The summed E-state index contributed by atoms with van der Waals surface area (Å²) in [5.74, 6) is -0.453. The molecule has 0 bridgehead atoms. The van der Waals surface area contributed by atoms with Crippen LogP contribution in [0.25, 0.3) is 0 Å². The number of hydrogen-bond donors (Lipinski definition) is 6. The van der Waals surface area contributed by atoms with Crippen molar-refractivity contribution in [1.29, 1.82) is 0 Å². The molecule has 32 heavy (non-hydrogen) atoms. The van der Waals surface area contributed by atoms with Gasteiger partial charge in [-0.1, -0.05) is 19.1 Å². The molecule has 1 aliphatic heterocycles. The number of likely N-dealkylation sites (tertiary alicyclic amines) is 1. The summed E-state index contributed by atoms with van der Waals surface area (Å²) in [5, 5.41) is 16.0. The molecule has 0 radical (unpaired) electrons. The minimum atomic E-state index is -0.174. The van der Waals surface area contributed by atoms with Gasteiger partial charge >= 0.3 is 0 Å². The SMILES string of the molecule is CC1CC(=O)N(CCNCCNCCNCCNCCNC(=O)c2ccccc2N)C1=O. The van der Waals surface area contributed by atoms with Gasteiger partial charge in [0, 0.05) is 83.5 Å². The third-order valence-corrected chi connectivity index (χ3v) is 5.21. The van der Waals surface area contributed by atoms with Gasteiger partial charge < -0.3 is 32.3 Å². The molecule has 1 aliphatic rings. The van der Waals surface area contributed by atoms with E-state index in [4.69, 9.17) is 5.73 Å². The molecule has 1 heterocycles. The highest BCUT2D eigenvalue weighted by Gasteiger charge is 2.34. The predicted molar refractivity (Wildman–Crippen MR) is 125 cm³/mol. The molecule has 0 spiro atoms. The lowest BCUT2D eigenvalue weighted by Gasteiger charge is -2.14. The van der Waals surface area contributed by atoms with Gasteiger partial charge in [0.25, 0.3) is 5.91 Å². The topological polar surface area (TPSA) is 141 Å². The van der Waals surface area contributed by atoms with E-state index in [0.29, 0.717) is 43.9 Å². The average Bonchev–Trinajstić information content (AvgIpc) is 3.02. The van der Waals surface area contributed by atoms with Crippen LogP contribution in [-0.2, 0) is 9.59 Å². The number of amides is 3. The highest BCUT2D eigenvalue weighted by atomic mass is 16.2. The van der Waals surface area contributed by atoms with Crippen LogP contribution in [0.15, 0.2) is 24.3 Å². The first-order valence-electron chi connectivity index (χ1n) is 11.3. The van der Waals surface area contributed by atoms with E-state index in [2.05, 4.69) is 26.6 Å². The van der Waals surface area contributed by atoms with Crippen molar-refractivity contribution < 1.29 is 14.4 Å². The van der Waals surface area contributed by atoms with Gasteiger partial charge in [-0.3, -0.25) is 19.3 Å². The number of carbonyl (C=O) groups excluding carboxylic acids is 3. The van der Waals surface area contributed by atoms with Gasteiger partial charge in [-0.05, 0) is 12.1 Å². The molecule has 1 fully saturated rings. The van der Waals surface area contributed by atoms with Gasteiger partial charge in [-0.15, -0.1) is 0 Å². The van der Waals surface area contributed by atoms with Crippen molar-refractivity contribution in [2.24, 2.45) is 5.92 Å². The molecule has 1 saturated heterocycles. The van der Waals surface area contributed by atoms with Crippen molar-refractivity contribution in [3.63, 3.8) is 0 Å². The van der Waals surface area contributed by atoms with Gasteiger partial charge in [-0.2, -0.15) is 0 Å². The van der Waals surface area contributed by atoms with Crippen LogP contribution in [0.1, 0.15) is 23.7 Å². The third kappa shape index (κ3) is 8.91. The number of benzene rings is 1. The Morgan fingerprint density at radius 1 is 0.906 bits per heavy atom. The second kappa shape index (κ2) is 14.5. The Bertz CT molecular complexity index is 744. The largest absolute Gasteiger partial charge is 0.398 e. The first kappa shape index (κ1) is 25.7. The number of nitrogens with two attached hydrogens (primary N) is 1. The van der Waals surface area contributed by atoms with Crippen molar-refractivity contribution in [2.75, 3.05) is 71.2 Å². The Morgan fingerprint density at radius 3 is 1.97 bits per heavy atom. The second-order valence-corrected chi connectivity index (χ2v) is 7.83. The predicted octanol–water partition coefficient (Wildman–Crippen LogP) is -1.25. The monoisotopic (exact) mass is 447 g/mol. The summed E-state index contributed by atoms with van der Waals surface area (Å²) in [7, 11) is 0. The second-order valence-electron chi connectivity index (χ2n) is 7.83. The lowest BCUT2D eigenvalue weighted by molar-refractivity contribution is -0.139. The maximum Gasteiger partial charge on any atom is 0.253 e. The molecule has 7 N–H and O–H groups in total. The fraction of sp³-hybridized carbons (Fsp3) is 0.591. The van der Waals surface area contributed by atoms with Crippen molar-refractivity contribution >= 4 is 23.4 Å². The Balaban J connectivity index is 1.33. The smallest absolute Gasteiger partial charge is 0.253 e. The molecule has 178 valence electrons. The van der Waals surface area contributed by atoms with Crippen LogP contribution in [0.2, 0.25) is 0 Å². The molecule has 10 nitrogen and oxygen atoms in total. The van der Waals surface area contributed by atoms with Crippen molar-refractivity contribution in [2.45, 2.75) is 13.3 Å². The van der Waals surface area contributed by atoms with E-state index in [9.17, 15) is 14.4 Å². The lowest BCUT2D eigenvalue weighted by Crippen LogP contribution is -2.39. The van der Waals surface area contributed by atoms with Gasteiger partial charge in [0.1, 0.15) is 0 Å². The zero-order valence-corrected chi connectivity index (χ0v) is 18.9. The molecule has 0 aliphatic carbocycles. The number of hydrogen-bond acceptors (Lipinski definition) is 8.